The van der Waals surface area contributed by atoms with Crippen LogP contribution in [0, 0.1) is 18.2 Å². The van der Waals surface area contributed by atoms with Crippen molar-refractivity contribution >= 4 is 11.6 Å². The van der Waals surface area contributed by atoms with Crippen molar-refractivity contribution in [3.63, 3.8) is 0 Å². The highest BCUT2D eigenvalue weighted by molar-refractivity contribution is 5.65. The van der Waals surface area contributed by atoms with E-state index in [-0.39, 0.29) is 6.54 Å². The Morgan fingerprint density at radius 3 is 2.63 bits per heavy atom. The van der Waals surface area contributed by atoms with E-state index in [1.54, 1.807) is 12.0 Å². The summed E-state index contributed by atoms with van der Waals surface area (Å²) in [6.45, 7) is 0.256. The first kappa shape index (κ1) is 12.8. The molecule has 96 valence electrons. The predicted molar refractivity (Wildman–Crippen MR) is 70.8 cm³/mol. The number of aromatic nitrogens is 2. The number of terminal acetylenes is 1. The van der Waals surface area contributed by atoms with Crippen LogP contribution in [0.25, 0.3) is 0 Å². The number of rotatable bonds is 4. The van der Waals surface area contributed by atoms with E-state index in [4.69, 9.17) is 11.2 Å². The Morgan fingerprint density at radius 2 is 2.00 bits per heavy atom. The van der Waals surface area contributed by atoms with Crippen molar-refractivity contribution in [3.05, 3.63) is 42.5 Å². The van der Waals surface area contributed by atoms with E-state index < -0.39 is 5.82 Å². The largest absolute Gasteiger partial charge is 0.495 e. The zero-order valence-electron chi connectivity index (χ0n) is 10.4. The van der Waals surface area contributed by atoms with Gasteiger partial charge in [-0.2, -0.15) is 0 Å². The minimum Gasteiger partial charge on any atom is -0.495 e. The van der Waals surface area contributed by atoms with Crippen LogP contribution in [0.2, 0.25) is 0 Å². The van der Waals surface area contributed by atoms with Crippen molar-refractivity contribution in [1.29, 1.82) is 0 Å². The summed E-state index contributed by atoms with van der Waals surface area (Å²) in [4.78, 5) is 9.55. The van der Waals surface area contributed by atoms with E-state index in [1.165, 1.54) is 0 Å². The normalized spacial score (nSPS) is 9.74. The summed E-state index contributed by atoms with van der Waals surface area (Å²) in [7, 11) is 1.57. The molecule has 1 aromatic heterocycles. The zero-order chi connectivity index (χ0) is 13.7. The third-order valence-corrected chi connectivity index (χ3v) is 2.47. The molecule has 5 heteroatoms. The molecule has 0 saturated heterocycles. The van der Waals surface area contributed by atoms with Gasteiger partial charge in [-0.1, -0.05) is 18.1 Å². The molecular weight excluding hydrogens is 245 g/mol. The van der Waals surface area contributed by atoms with Crippen LogP contribution in [0.4, 0.5) is 16.0 Å². The highest BCUT2D eigenvalue weighted by atomic mass is 19.1. The van der Waals surface area contributed by atoms with Gasteiger partial charge in [0.15, 0.2) is 5.82 Å². The molecule has 1 aromatic carbocycles. The number of methoxy groups -OCH3 is 1. The Hall–Kier alpha value is -2.61. The van der Waals surface area contributed by atoms with Gasteiger partial charge in [-0.25, -0.2) is 14.4 Å². The highest BCUT2D eigenvalue weighted by Gasteiger charge is 2.15. The number of hydrogen-bond acceptors (Lipinski definition) is 4. The summed E-state index contributed by atoms with van der Waals surface area (Å²) >= 11 is 0. The standard InChI is InChI=1S/C14H12FN3O/c1-3-8-18(14-16-9-11(15)10-17-14)12-6-4-5-7-13(12)19-2/h1,4-7,9-10H,8H2,2H3. The molecule has 0 bridgehead atoms. The fourth-order valence-electron chi connectivity index (χ4n) is 1.65. The van der Waals surface area contributed by atoms with Crippen molar-refractivity contribution in [2.24, 2.45) is 0 Å². The molecule has 0 saturated carbocycles. The van der Waals surface area contributed by atoms with Gasteiger partial charge in [0.25, 0.3) is 0 Å². The van der Waals surface area contributed by atoms with Crippen molar-refractivity contribution in [2.75, 3.05) is 18.6 Å². The number of nitrogens with zero attached hydrogens (tertiary/aromatic N) is 3. The third-order valence-electron chi connectivity index (χ3n) is 2.47. The Morgan fingerprint density at radius 1 is 1.32 bits per heavy atom. The van der Waals surface area contributed by atoms with E-state index in [0.29, 0.717) is 11.7 Å². The molecule has 0 amide bonds. The quantitative estimate of drug-likeness (QED) is 0.788. The van der Waals surface area contributed by atoms with Crippen molar-refractivity contribution in [2.45, 2.75) is 0 Å². The highest BCUT2D eigenvalue weighted by Crippen LogP contribution is 2.31. The molecule has 4 nitrogen and oxygen atoms in total. The summed E-state index contributed by atoms with van der Waals surface area (Å²) in [5, 5.41) is 0. The van der Waals surface area contributed by atoms with Gasteiger partial charge in [0.2, 0.25) is 5.95 Å². The van der Waals surface area contributed by atoms with Crippen molar-refractivity contribution in [3.8, 4) is 18.1 Å². The lowest BCUT2D eigenvalue weighted by molar-refractivity contribution is 0.415. The molecule has 0 aliphatic carbocycles. The Labute approximate surface area is 110 Å². The average Bonchev–Trinajstić information content (AvgIpc) is 2.46. The van der Waals surface area contributed by atoms with E-state index in [0.717, 1.165) is 18.1 Å². The van der Waals surface area contributed by atoms with E-state index in [2.05, 4.69) is 15.9 Å². The molecule has 0 atom stereocenters. The Balaban J connectivity index is 2.45. The third kappa shape index (κ3) is 2.80. The number of benzene rings is 1. The van der Waals surface area contributed by atoms with Crippen LogP contribution in [-0.4, -0.2) is 23.6 Å². The Kier molecular flexibility index (Phi) is 3.94. The van der Waals surface area contributed by atoms with Gasteiger partial charge in [-0.3, -0.25) is 4.90 Å². The maximum Gasteiger partial charge on any atom is 0.230 e. The van der Waals surface area contributed by atoms with Crippen LogP contribution >= 0.6 is 0 Å². The first-order valence-electron chi connectivity index (χ1n) is 5.58. The molecule has 2 rings (SSSR count). The zero-order valence-corrected chi connectivity index (χ0v) is 10.4. The maximum absolute atomic E-state index is 12.9. The summed E-state index contributed by atoms with van der Waals surface area (Å²) in [6, 6.07) is 7.35. The van der Waals surface area contributed by atoms with E-state index in [1.807, 2.05) is 24.3 Å². The van der Waals surface area contributed by atoms with Gasteiger partial charge in [0.05, 0.1) is 31.7 Å². The first-order chi connectivity index (χ1) is 9.26. The van der Waals surface area contributed by atoms with Gasteiger partial charge in [-0.05, 0) is 12.1 Å². The summed E-state index contributed by atoms with van der Waals surface area (Å²) < 4.78 is 18.2. The van der Waals surface area contributed by atoms with Crippen LogP contribution in [0.15, 0.2) is 36.7 Å². The summed E-state index contributed by atoms with van der Waals surface area (Å²) in [5.41, 5.74) is 0.731. The number of halogens is 1. The average molecular weight is 257 g/mol. The summed E-state index contributed by atoms with van der Waals surface area (Å²) in [5.74, 6) is 3.00. The SMILES string of the molecule is C#CCN(c1ncc(F)cn1)c1ccccc1OC. The number of para-hydroxylation sites is 2. The van der Waals surface area contributed by atoms with Gasteiger partial charge in [-0.15, -0.1) is 6.42 Å². The van der Waals surface area contributed by atoms with Crippen LogP contribution in [-0.2, 0) is 0 Å². The maximum atomic E-state index is 12.9. The van der Waals surface area contributed by atoms with Crippen LogP contribution in [0.1, 0.15) is 0 Å². The first-order valence-corrected chi connectivity index (χ1v) is 5.58. The minimum absolute atomic E-state index is 0.256. The smallest absolute Gasteiger partial charge is 0.230 e. The summed E-state index contributed by atoms with van der Waals surface area (Å²) in [6.07, 6.45) is 7.56. The van der Waals surface area contributed by atoms with Crippen LogP contribution < -0.4 is 9.64 Å². The molecule has 0 aliphatic heterocycles. The molecular formula is C14H12FN3O. The number of ether oxygens (including phenoxy) is 1. The lowest BCUT2D eigenvalue weighted by Crippen LogP contribution is -2.20. The molecule has 0 N–H and O–H groups in total. The lowest BCUT2D eigenvalue weighted by Gasteiger charge is -2.22. The van der Waals surface area contributed by atoms with E-state index >= 15 is 0 Å². The second-order valence-electron chi connectivity index (χ2n) is 3.66. The topological polar surface area (TPSA) is 38.2 Å². The minimum atomic E-state index is -0.496. The molecule has 0 aliphatic rings. The Bertz CT molecular complexity index is 592. The van der Waals surface area contributed by atoms with Crippen LogP contribution in [0.5, 0.6) is 5.75 Å². The second-order valence-corrected chi connectivity index (χ2v) is 3.66. The fourth-order valence-corrected chi connectivity index (χ4v) is 1.65. The lowest BCUT2D eigenvalue weighted by atomic mass is 10.2. The molecule has 0 radical (unpaired) electrons. The fraction of sp³-hybridized carbons (Fsp3) is 0.143. The number of anilines is 2. The molecule has 0 fully saturated rings. The van der Waals surface area contributed by atoms with Gasteiger partial charge >= 0.3 is 0 Å². The second kappa shape index (κ2) is 5.83. The van der Waals surface area contributed by atoms with Gasteiger partial charge in [0, 0.05) is 0 Å². The predicted octanol–water partition coefficient (Wildman–Crippen LogP) is 2.40. The number of hydrogen-bond donors (Lipinski definition) is 0. The van der Waals surface area contributed by atoms with Crippen molar-refractivity contribution < 1.29 is 9.13 Å². The molecule has 1 heterocycles. The molecule has 19 heavy (non-hydrogen) atoms. The van der Waals surface area contributed by atoms with E-state index in [9.17, 15) is 4.39 Å². The monoisotopic (exact) mass is 257 g/mol. The van der Waals surface area contributed by atoms with Gasteiger partial charge < -0.3 is 4.74 Å². The molecule has 0 unspecified atom stereocenters. The molecule has 0 spiro atoms. The van der Waals surface area contributed by atoms with Crippen molar-refractivity contribution in [1.82, 2.24) is 9.97 Å². The van der Waals surface area contributed by atoms with Crippen LogP contribution in [0.3, 0.4) is 0 Å². The van der Waals surface area contributed by atoms with Gasteiger partial charge in [0.1, 0.15) is 5.75 Å². The molecule has 2 aromatic rings.